The standard InChI is InChI=1S/C16H21NO3/c1-11(2)14(10-16(19)20)17-15(18)8-7-13-6-4-5-12(3)9-13/h4-9,11,14H,10H2,1-3H3,(H,17,18)(H,19,20)/b8-7+. The molecule has 1 aromatic rings. The summed E-state index contributed by atoms with van der Waals surface area (Å²) in [6.07, 6.45) is 3.09. The molecule has 0 saturated heterocycles. The number of carboxylic acid groups (broad SMARTS) is 1. The van der Waals surface area contributed by atoms with Crippen LogP contribution >= 0.6 is 0 Å². The van der Waals surface area contributed by atoms with Gasteiger partial charge in [-0.1, -0.05) is 43.7 Å². The van der Waals surface area contributed by atoms with E-state index < -0.39 is 5.97 Å². The van der Waals surface area contributed by atoms with Gasteiger partial charge >= 0.3 is 5.97 Å². The number of aryl methyl sites for hydroxylation is 1. The molecule has 1 unspecified atom stereocenters. The highest BCUT2D eigenvalue weighted by Gasteiger charge is 2.18. The Hall–Kier alpha value is -2.10. The first kappa shape index (κ1) is 16.0. The summed E-state index contributed by atoms with van der Waals surface area (Å²) < 4.78 is 0. The van der Waals surface area contributed by atoms with Gasteiger partial charge in [0.15, 0.2) is 0 Å². The molecule has 0 aliphatic rings. The van der Waals surface area contributed by atoms with Crippen molar-refractivity contribution >= 4 is 18.0 Å². The Labute approximate surface area is 119 Å². The van der Waals surface area contributed by atoms with Crippen molar-refractivity contribution in [1.29, 1.82) is 0 Å². The summed E-state index contributed by atoms with van der Waals surface area (Å²) in [6.45, 7) is 5.76. The highest BCUT2D eigenvalue weighted by atomic mass is 16.4. The quantitative estimate of drug-likeness (QED) is 0.784. The van der Waals surface area contributed by atoms with Crippen molar-refractivity contribution in [3.63, 3.8) is 0 Å². The second-order valence-corrected chi connectivity index (χ2v) is 5.20. The first-order valence-corrected chi connectivity index (χ1v) is 6.65. The van der Waals surface area contributed by atoms with E-state index in [2.05, 4.69) is 5.32 Å². The van der Waals surface area contributed by atoms with Crippen molar-refractivity contribution in [1.82, 2.24) is 5.32 Å². The molecular formula is C16H21NO3. The monoisotopic (exact) mass is 275 g/mol. The molecule has 1 rings (SSSR count). The third-order valence-electron chi connectivity index (χ3n) is 3.00. The largest absolute Gasteiger partial charge is 0.481 e. The minimum Gasteiger partial charge on any atom is -0.481 e. The Balaban J connectivity index is 2.63. The van der Waals surface area contributed by atoms with Gasteiger partial charge in [0.25, 0.3) is 0 Å². The van der Waals surface area contributed by atoms with Crippen LogP contribution in [-0.2, 0) is 9.59 Å². The first-order chi connectivity index (χ1) is 9.38. The number of aliphatic carboxylic acids is 1. The highest BCUT2D eigenvalue weighted by molar-refractivity contribution is 5.92. The third kappa shape index (κ3) is 5.69. The van der Waals surface area contributed by atoms with Gasteiger partial charge < -0.3 is 10.4 Å². The minimum atomic E-state index is -0.910. The summed E-state index contributed by atoms with van der Waals surface area (Å²) in [5.41, 5.74) is 2.07. The minimum absolute atomic E-state index is 0.0678. The molecule has 0 aromatic heterocycles. The summed E-state index contributed by atoms with van der Waals surface area (Å²) in [6, 6.07) is 7.43. The number of carboxylic acids is 1. The molecule has 0 fully saturated rings. The summed E-state index contributed by atoms with van der Waals surface area (Å²) in [5.74, 6) is -1.11. The molecule has 0 saturated carbocycles. The summed E-state index contributed by atoms with van der Waals surface area (Å²) >= 11 is 0. The molecule has 4 nitrogen and oxygen atoms in total. The van der Waals surface area contributed by atoms with Gasteiger partial charge in [-0.05, 0) is 24.5 Å². The fourth-order valence-electron chi connectivity index (χ4n) is 1.82. The zero-order valence-electron chi connectivity index (χ0n) is 12.1. The highest BCUT2D eigenvalue weighted by Crippen LogP contribution is 2.08. The van der Waals surface area contributed by atoms with Crippen molar-refractivity contribution in [3.8, 4) is 0 Å². The molecule has 1 atom stereocenters. The topological polar surface area (TPSA) is 66.4 Å². The van der Waals surface area contributed by atoms with Crippen LogP contribution in [0.4, 0.5) is 0 Å². The Kier molecular flexibility index (Phi) is 5.97. The van der Waals surface area contributed by atoms with E-state index in [0.717, 1.165) is 11.1 Å². The maximum absolute atomic E-state index is 11.8. The fourth-order valence-corrected chi connectivity index (χ4v) is 1.82. The summed E-state index contributed by atoms with van der Waals surface area (Å²) in [4.78, 5) is 22.5. The van der Waals surface area contributed by atoms with E-state index in [1.807, 2.05) is 45.0 Å². The number of rotatable bonds is 6. The average molecular weight is 275 g/mol. The third-order valence-corrected chi connectivity index (χ3v) is 3.00. The Bertz CT molecular complexity index is 506. The predicted molar refractivity (Wildman–Crippen MR) is 79.2 cm³/mol. The number of amides is 1. The predicted octanol–water partition coefficient (Wildman–Crippen LogP) is 2.62. The smallest absolute Gasteiger partial charge is 0.305 e. The van der Waals surface area contributed by atoms with E-state index in [-0.39, 0.29) is 24.3 Å². The molecule has 0 heterocycles. The molecule has 108 valence electrons. The van der Waals surface area contributed by atoms with E-state index in [9.17, 15) is 9.59 Å². The number of hydrogen-bond acceptors (Lipinski definition) is 2. The SMILES string of the molecule is Cc1cccc(/C=C/C(=O)NC(CC(=O)O)C(C)C)c1. The lowest BCUT2D eigenvalue weighted by atomic mass is 10.0. The second-order valence-electron chi connectivity index (χ2n) is 5.20. The van der Waals surface area contributed by atoms with Crippen LogP contribution in [0.15, 0.2) is 30.3 Å². The lowest BCUT2D eigenvalue weighted by molar-refractivity contribution is -0.138. The van der Waals surface area contributed by atoms with Gasteiger partial charge in [-0.3, -0.25) is 9.59 Å². The molecule has 2 N–H and O–H groups in total. The Morgan fingerprint density at radius 3 is 2.60 bits per heavy atom. The first-order valence-electron chi connectivity index (χ1n) is 6.65. The van der Waals surface area contributed by atoms with Crippen molar-refractivity contribution in [2.75, 3.05) is 0 Å². The van der Waals surface area contributed by atoms with Crippen LogP contribution < -0.4 is 5.32 Å². The van der Waals surface area contributed by atoms with Gasteiger partial charge in [0.1, 0.15) is 0 Å². The zero-order valence-corrected chi connectivity index (χ0v) is 12.1. The van der Waals surface area contributed by atoms with Gasteiger partial charge in [0, 0.05) is 12.1 Å². The van der Waals surface area contributed by atoms with Crippen LogP contribution in [0.25, 0.3) is 6.08 Å². The molecule has 0 aliphatic heterocycles. The van der Waals surface area contributed by atoms with E-state index in [1.165, 1.54) is 6.08 Å². The zero-order chi connectivity index (χ0) is 15.1. The normalized spacial score (nSPS) is 12.6. The number of carbonyl (C=O) groups excluding carboxylic acids is 1. The van der Waals surface area contributed by atoms with Crippen LogP contribution in [-0.4, -0.2) is 23.0 Å². The van der Waals surface area contributed by atoms with Gasteiger partial charge in [-0.2, -0.15) is 0 Å². The van der Waals surface area contributed by atoms with Gasteiger partial charge in [0.2, 0.25) is 5.91 Å². The molecule has 0 aliphatic carbocycles. The molecule has 1 amide bonds. The maximum Gasteiger partial charge on any atom is 0.305 e. The molecule has 0 bridgehead atoms. The number of nitrogens with one attached hydrogen (secondary N) is 1. The molecule has 4 heteroatoms. The van der Waals surface area contributed by atoms with Crippen molar-refractivity contribution in [3.05, 3.63) is 41.5 Å². The van der Waals surface area contributed by atoms with Crippen LogP contribution in [0, 0.1) is 12.8 Å². The fraction of sp³-hybridized carbons (Fsp3) is 0.375. The van der Waals surface area contributed by atoms with E-state index >= 15 is 0 Å². The van der Waals surface area contributed by atoms with Gasteiger partial charge in [-0.25, -0.2) is 0 Å². The lowest BCUT2D eigenvalue weighted by Gasteiger charge is -2.19. The van der Waals surface area contributed by atoms with Crippen LogP contribution in [0.3, 0.4) is 0 Å². The number of benzene rings is 1. The van der Waals surface area contributed by atoms with Crippen LogP contribution in [0.2, 0.25) is 0 Å². The van der Waals surface area contributed by atoms with Crippen LogP contribution in [0.1, 0.15) is 31.4 Å². The summed E-state index contributed by atoms with van der Waals surface area (Å²) in [5, 5.41) is 11.5. The van der Waals surface area contributed by atoms with E-state index in [0.29, 0.717) is 0 Å². The van der Waals surface area contributed by atoms with Gasteiger partial charge in [-0.15, -0.1) is 0 Å². The average Bonchev–Trinajstić information content (AvgIpc) is 2.35. The van der Waals surface area contributed by atoms with Crippen molar-refractivity contribution in [2.24, 2.45) is 5.92 Å². The van der Waals surface area contributed by atoms with E-state index in [1.54, 1.807) is 6.08 Å². The van der Waals surface area contributed by atoms with Gasteiger partial charge in [0.05, 0.1) is 6.42 Å². The van der Waals surface area contributed by atoms with E-state index in [4.69, 9.17) is 5.11 Å². The Morgan fingerprint density at radius 1 is 1.35 bits per heavy atom. The second kappa shape index (κ2) is 7.48. The maximum atomic E-state index is 11.8. The molecule has 0 spiro atoms. The number of carbonyl (C=O) groups is 2. The Morgan fingerprint density at radius 2 is 2.05 bits per heavy atom. The van der Waals surface area contributed by atoms with Crippen molar-refractivity contribution in [2.45, 2.75) is 33.2 Å². The molecule has 20 heavy (non-hydrogen) atoms. The molecule has 0 radical (unpaired) electrons. The lowest BCUT2D eigenvalue weighted by Crippen LogP contribution is -2.39. The summed E-state index contributed by atoms with van der Waals surface area (Å²) in [7, 11) is 0. The number of hydrogen-bond donors (Lipinski definition) is 2. The van der Waals surface area contributed by atoms with Crippen molar-refractivity contribution < 1.29 is 14.7 Å². The molecular weight excluding hydrogens is 254 g/mol. The van der Waals surface area contributed by atoms with Crippen LogP contribution in [0.5, 0.6) is 0 Å². The molecule has 1 aromatic carbocycles.